The Balaban J connectivity index is 1.50. The minimum atomic E-state index is -0.672. The van der Waals surface area contributed by atoms with E-state index in [4.69, 9.17) is 19.9 Å². The summed E-state index contributed by atoms with van der Waals surface area (Å²) < 4.78 is 17.7. The van der Waals surface area contributed by atoms with Gasteiger partial charge in [-0.1, -0.05) is 50.6 Å². The summed E-state index contributed by atoms with van der Waals surface area (Å²) in [6.07, 6.45) is 10.8. The number of aliphatic hydroxyl groups is 1. The van der Waals surface area contributed by atoms with Gasteiger partial charge in [-0.2, -0.15) is 0 Å². The smallest absolute Gasteiger partial charge is 0.243 e. The zero-order valence-corrected chi connectivity index (χ0v) is 20.7. The van der Waals surface area contributed by atoms with E-state index >= 15 is 0 Å². The molecule has 0 bridgehead atoms. The number of aliphatic hydroxyl groups excluding tert-OH is 1. The van der Waals surface area contributed by atoms with Gasteiger partial charge < -0.3 is 30.4 Å². The monoisotopic (exact) mass is 462 g/mol. The molecule has 3 rings (SSSR count). The minimum Gasteiger partial charge on any atom is -0.387 e. The highest BCUT2D eigenvalue weighted by atomic mass is 16.6. The quantitative estimate of drug-likeness (QED) is 0.291. The van der Waals surface area contributed by atoms with Gasteiger partial charge in [-0.3, -0.25) is 4.79 Å². The van der Waals surface area contributed by atoms with Crippen molar-refractivity contribution in [3.8, 4) is 0 Å². The summed E-state index contributed by atoms with van der Waals surface area (Å²) in [5.41, 5.74) is 6.40. The highest BCUT2D eigenvalue weighted by Crippen LogP contribution is 2.42. The average Bonchev–Trinajstić information content (AvgIpc) is 3.54. The van der Waals surface area contributed by atoms with Crippen LogP contribution in [-0.4, -0.2) is 66.3 Å². The highest BCUT2D eigenvalue weighted by molar-refractivity contribution is 5.87. The summed E-state index contributed by atoms with van der Waals surface area (Å²) in [4.78, 5) is 12.2. The van der Waals surface area contributed by atoms with Crippen LogP contribution in [0, 0.1) is 11.8 Å². The summed E-state index contributed by atoms with van der Waals surface area (Å²) >= 11 is 0. The van der Waals surface area contributed by atoms with Crippen LogP contribution in [0.15, 0.2) is 36.0 Å². The SMILES string of the molecule is CC(/C=C/[C@H]1O[C@H](CN)C[C@@]2(CO2)[C@@H]1O)=C\C[C@@H]1O[C@H](C)[C@H](NC(=O)/C=C\C(C)C)C[C@@H]1C. The van der Waals surface area contributed by atoms with E-state index < -0.39 is 17.8 Å². The minimum absolute atomic E-state index is 0.0166. The molecule has 0 radical (unpaired) electrons. The van der Waals surface area contributed by atoms with Crippen molar-refractivity contribution in [2.24, 2.45) is 17.6 Å². The van der Waals surface area contributed by atoms with E-state index in [1.165, 1.54) is 0 Å². The predicted octanol–water partition coefficient (Wildman–Crippen LogP) is 2.64. The summed E-state index contributed by atoms with van der Waals surface area (Å²) in [6.45, 7) is 11.3. The lowest BCUT2D eigenvalue weighted by atomic mass is 9.87. The molecule has 0 saturated carbocycles. The average molecular weight is 463 g/mol. The van der Waals surface area contributed by atoms with Gasteiger partial charge in [0.1, 0.15) is 17.8 Å². The predicted molar refractivity (Wildman–Crippen MR) is 129 cm³/mol. The maximum atomic E-state index is 12.2. The second-order valence-corrected chi connectivity index (χ2v) is 10.3. The van der Waals surface area contributed by atoms with Crippen LogP contribution in [0.2, 0.25) is 0 Å². The Labute approximate surface area is 198 Å². The molecule has 3 saturated heterocycles. The van der Waals surface area contributed by atoms with Crippen molar-refractivity contribution >= 4 is 5.91 Å². The molecule has 33 heavy (non-hydrogen) atoms. The lowest BCUT2D eigenvalue weighted by molar-refractivity contribution is -0.129. The maximum absolute atomic E-state index is 12.2. The molecule has 0 aromatic carbocycles. The zero-order chi connectivity index (χ0) is 24.2. The number of nitrogens with two attached hydrogens (primary N) is 1. The van der Waals surface area contributed by atoms with Crippen molar-refractivity contribution in [3.63, 3.8) is 0 Å². The lowest BCUT2D eigenvalue weighted by Gasteiger charge is -2.39. The third-order valence-electron chi connectivity index (χ3n) is 6.95. The fourth-order valence-electron chi connectivity index (χ4n) is 4.66. The molecule has 3 aliphatic heterocycles. The summed E-state index contributed by atoms with van der Waals surface area (Å²) in [6, 6.07) is 0.0166. The van der Waals surface area contributed by atoms with Crippen LogP contribution < -0.4 is 11.1 Å². The zero-order valence-electron chi connectivity index (χ0n) is 20.7. The van der Waals surface area contributed by atoms with Gasteiger partial charge in [0, 0.05) is 13.0 Å². The van der Waals surface area contributed by atoms with E-state index in [1.807, 2.05) is 45.9 Å². The van der Waals surface area contributed by atoms with Crippen LogP contribution >= 0.6 is 0 Å². The molecule has 186 valence electrons. The van der Waals surface area contributed by atoms with Gasteiger partial charge in [0.2, 0.25) is 5.91 Å². The van der Waals surface area contributed by atoms with Crippen molar-refractivity contribution in [1.82, 2.24) is 5.32 Å². The molecule has 7 heteroatoms. The molecule has 0 aromatic rings. The second kappa shape index (κ2) is 11.3. The fraction of sp³-hybridized carbons (Fsp3) is 0.731. The molecule has 7 nitrogen and oxygen atoms in total. The molecular formula is C26H42N2O5. The van der Waals surface area contributed by atoms with Gasteiger partial charge in [0.05, 0.1) is 31.0 Å². The van der Waals surface area contributed by atoms with Crippen molar-refractivity contribution in [1.29, 1.82) is 0 Å². The molecular weight excluding hydrogens is 420 g/mol. The number of hydrogen-bond donors (Lipinski definition) is 3. The number of allylic oxidation sites excluding steroid dienone is 3. The van der Waals surface area contributed by atoms with Gasteiger partial charge in [-0.05, 0) is 44.6 Å². The largest absolute Gasteiger partial charge is 0.387 e. The van der Waals surface area contributed by atoms with Crippen molar-refractivity contribution in [2.45, 2.75) is 96.0 Å². The highest BCUT2D eigenvalue weighted by Gasteiger charge is 2.58. The first kappa shape index (κ1) is 26.1. The Morgan fingerprint density at radius 2 is 2.00 bits per heavy atom. The summed E-state index contributed by atoms with van der Waals surface area (Å²) in [7, 11) is 0. The van der Waals surface area contributed by atoms with Crippen LogP contribution in [0.1, 0.15) is 53.9 Å². The standard InChI is InChI=1S/C26H42N2O5/c1-16(2)6-11-24(29)28-21-12-18(4)22(32-19(21)5)9-7-17(3)8-10-23-25(30)26(15-31-26)13-20(14-27)33-23/h6-8,10-11,16,18-23,25,30H,9,12-15,27H2,1-5H3,(H,28,29)/b10-8+,11-6-,17-7+/t18-,19+,20-,21+,22-,23+,25+,26+/m0/s1. The Hall–Kier alpha value is -1.51. The first-order valence-electron chi connectivity index (χ1n) is 12.3. The van der Waals surface area contributed by atoms with Crippen LogP contribution in [0.4, 0.5) is 0 Å². The van der Waals surface area contributed by atoms with E-state index in [1.54, 1.807) is 6.08 Å². The van der Waals surface area contributed by atoms with Crippen molar-refractivity contribution in [3.05, 3.63) is 36.0 Å². The van der Waals surface area contributed by atoms with Crippen LogP contribution in [-0.2, 0) is 19.0 Å². The molecule has 1 spiro atoms. The number of amides is 1. The van der Waals surface area contributed by atoms with E-state index in [2.05, 4.69) is 18.3 Å². The van der Waals surface area contributed by atoms with Crippen LogP contribution in [0.3, 0.4) is 0 Å². The Bertz CT molecular complexity index is 758. The van der Waals surface area contributed by atoms with Crippen molar-refractivity contribution < 1.29 is 24.1 Å². The number of epoxide rings is 1. The third-order valence-corrected chi connectivity index (χ3v) is 6.95. The molecule has 0 aliphatic carbocycles. The van der Waals surface area contributed by atoms with Gasteiger partial charge >= 0.3 is 0 Å². The van der Waals surface area contributed by atoms with E-state index in [0.29, 0.717) is 31.4 Å². The second-order valence-electron chi connectivity index (χ2n) is 10.3. The van der Waals surface area contributed by atoms with Gasteiger partial charge in [-0.25, -0.2) is 0 Å². The van der Waals surface area contributed by atoms with Gasteiger partial charge in [0.15, 0.2) is 0 Å². The molecule has 3 heterocycles. The molecule has 3 aliphatic rings. The first-order valence-corrected chi connectivity index (χ1v) is 12.3. The Morgan fingerprint density at radius 1 is 1.27 bits per heavy atom. The first-order chi connectivity index (χ1) is 15.6. The lowest BCUT2D eigenvalue weighted by Crippen LogP contribution is -2.51. The third kappa shape index (κ3) is 6.99. The fourth-order valence-corrected chi connectivity index (χ4v) is 4.66. The molecule has 4 N–H and O–H groups in total. The maximum Gasteiger partial charge on any atom is 0.243 e. The number of rotatable bonds is 8. The number of carbonyl (C=O) groups is 1. The number of nitrogens with one attached hydrogen (secondary N) is 1. The van der Waals surface area contributed by atoms with Crippen LogP contribution in [0.25, 0.3) is 0 Å². The van der Waals surface area contributed by atoms with Crippen molar-refractivity contribution in [2.75, 3.05) is 13.2 Å². The van der Waals surface area contributed by atoms with Crippen LogP contribution in [0.5, 0.6) is 0 Å². The molecule has 0 aromatic heterocycles. The number of hydrogen-bond acceptors (Lipinski definition) is 6. The number of carbonyl (C=O) groups excluding carboxylic acids is 1. The topological polar surface area (TPSA) is 106 Å². The summed E-state index contributed by atoms with van der Waals surface area (Å²) in [5.74, 6) is 0.619. The number of ether oxygens (including phenoxy) is 3. The Kier molecular flexibility index (Phi) is 8.92. The summed E-state index contributed by atoms with van der Waals surface area (Å²) in [5, 5.41) is 13.7. The molecule has 0 unspecified atom stereocenters. The van der Waals surface area contributed by atoms with E-state index in [9.17, 15) is 9.90 Å². The van der Waals surface area contributed by atoms with Gasteiger partial charge in [0.25, 0.3) is 0 Å². The van der Waals surface area contributed by atoms with E-state index in [-0.39, 0.29) is 30.3 Å². The molecule has 8 atom stereocenters. The molecule has 1 amide bonds. The normalized spacial score (nSPS) is 39.6. The molecule has 3 fully saturated rings. The Morgan fingerprint density at radius 3 is 2.64 bits per heavy atom. The van der Waals surface area contributed by atoms with Gasteiger partial charge in [-0.15, -0.1) is 0 Å². The van der Waals surface area contributed by atoms with E-state index in [0.717, 1.165) is 18.4 Å².